The second kappa shape index (κ2) is 4.80. The Bertz CT molecular complexity index is 295. The number of thioether (sulfide) groups is 1. The van der Waals surface area contributed by atoms with Crippen molar-refractivity contribution >= 4 is 11.8 Å². The summed E-state index contributed by atoms with van der Waals surface area (Å²) in [6.45, 7) is 3.32. The maximum atomic E-state index is 4.44. The largest absolute Gasteiger partial charge is 0.310 e. The number of aromatic nitrogens is 1. The lowest BCUT2D eigenvalue weighted by atomic mass is 10.1. The fourth-order valence-electron chi connectivity index (χ4n) is 1.88. The van der Waals surface area contributed by atoms with Crippen LogP contribution in [0.3, 0.4) is 0 Å². The first-order valence-corrected chi connectivity index (χ1v) is 6.21. The summed E-state index contributed by atoms with van der Waals surface area (Å²) in [5.41, 5.74) is 1.39. The molecular weight excluding hydrogens is 192 g/mol. The molecule has 1 fully saturated rings. The van der Waals surface area contributed by atoms with Gasteiger partial charge in [0.1, 0.15) is 5.03 Å². The van der Waals surface area contributed by atoms with Crippen LogP contribution in [-0.4, -0.2) is 17.3 Å². The van der Waals surface area contributed by atoms with E-state index in [1.807, 2.05) is 24.0 Å². The number of nitrogens with one attached hydrogen (secondary N) is 1. The van der Waals surface area contributed by atoms with Gasteiger partial charge in [-0.3, -0.25) is 0 Å². The van der Waals surface area contributed by atoms with Crippen LogP contribution >= 0.6 is 11.8 Å². The van der Waals surface area contributed by atoms with Gasteiger partial charge in [-0.15, -0.1) is 11.8 Å². The number of hydrogen-bond acceptors (Lipinski definition) is 3. The smallest absolute Gasteiger partial charge is 0.101 e. The highest BCUT2D eigenvalue weighted by atomic mass is 32.2. The van der Waals surface area contributed by atoms with E-state index < -0.39 is 0 Å². The third-order valence-electron chi connectivity index (χ3n) is 2.52. The van der Waals surface area contributed by atoms with Gasteiger partial charge in [0.2, 0.25) is 0 Å². The molecule has 0 bridgehead atoms. The Morgan fingerprint density at radius 2 is 2.57 bits per heavy atom. The van der Waals surface area contributed by atoms with E-state index in [1.54, 1.807) is 0 Å². The van der Waals surface area contributed by atoms with E-state index in [0.29, 0.717) is 6.04 Å². The Labute approximate surface area is 89.5 Å². The van der Waals surface area contributed by atoms with Crippen molar-refractivity contribution < 1.29 is 0 Å². The van der Waals surface area contributed by atoms with Gasteiger partial charge in [-0.25, -0.2) is 4.98 Å². The maximum absolute atomic E-state index is 4.44. The molecule has 1 N–H and O–H groups in total. The number of pyridine rings is 1. The van der Waals surface area contributed by atoms with Crippen LogP contribution in [0.2, 0.25) is 0 Å². The van der Waals surface area contributed by atoms with E-state index in [4.69, 9.17) is 0 Å². The topological polar surface area (TPSA) is 24.9 Å². The molecule has 2 rings (SSSR count). The van der Waals surface area contributed by atoms with E-state index >= 15 is 0 Å². The summed E-state index contributed by atoms with van der Waals surface area (Å²) in [4.78, 5) is 4.44. The summed E-state index contributed by atoms with van der Waals surface area (Å²) in [5.74, 6) is 1.09. The highest BCUT2D eigenvalue weighted by Gasteiger charge is 2.19. The average molecular weight is 208 g/mol. The van der Waals surface area contributed by atoms with Gasteiger partial charge < -0.3 is 5.32 Å². The van der Waals surface area contributed by atoms with Gasteiger partial charge in [0.05, 0.1) is 0 Å². The molecular formula is C11H16N2S. The molecule has 1 saturated heterocycles. The predicted molar refractivity (Wildman–Crippen MR) is 60.6 cm³/mol. The van der Waals surface area contributed by atoms with Crippen molar-refractivity contribution in [3.05, 3.63) is 23.9 Å². The third-order valence-corrected chi connectivity index (χ3v) is 3.42. The summed E-state index contributed by atoms with van der Waals surface area (Å²) in [6.07, 6.45) is 4.43. The molecule has 1 aromatic heterocycles. The summed E-state index contributed by atoms with van der Waals surface area (Å²) in [6, 6.07) is 4.78. The number of nitrogens with zero attached hydrogens (tertiary/aromatic N) is 1. The average Bonchev–Trinajstić information content (AvgIpc) is 2.72. The fourth-order valence-corrected chi connectivity index (χ4v) is 2.66. The Morgan fingerprint density at radius 3 is 3.29 bits per heavy atom. The van der Waals surface area contributed by atoms with Gasteiger partial charge in [-0.1, -0.05) is 13.0 Å². The highest BCUT2D eigenvalue weighted by molar-refractivity contribution is 7.99. The van der Waals surface area contributed by atoms with Crippen LogP contribution in [0.15, 0.2) is 23.4 Å². The minimum Gasteiger partial charge on any atom is -0.310 e. The van der Waals surface area contributed by atoms with E-state index in [9.17, 15) is 0 Å². The molecule has 1 aliphatic heterocycles. The quantitative estimate of drug-likeness (QED) is 0.773. The van der Waals surface area contributed by atoms with E-state index in [0.717, 1.165) is 12.3 Å². The van der Waals surface area contributed by atoms with Crippen molar-refractivity contribution in [3.63, 3.8) is 0 Å². The van der Waals surface area contributed by atoms with E-state index in [-0.39, 0.29) is 0 Å². The summed E-state index contributed by atoms with van der Waals surface area (Å²) < 4.78 is 0. The zero-order valence-electron chi connectivity index (χ0n) is 8.49. The maximum Gasteiger partial charge on any atom is 0.101 e. The van der Waals surface area contributed by atoms with Crippen molar-refractivity contribution in [3.8, 4) is 0 Å². The van der Waals surface area contributed by atoms with E-state index in [1.165, 1.54) is 23.4 Å². The molecule has 0 amide bonds. The molecule has 14 heavy (non-hydrogen) atoms. The van der Waals surface area contributed by atoms with Gasteiger partial charge in [-0.05, 0) is 31.2 Å². The lowest BCUT2D eigenvalue weighted by molar-refractivity contribution is 0.629. The summed E-state index contributed by atoms with van der Waals surface area (Å²) >= 11 is 1.84. The van der Waals surface area contributed by atoms with Crippen LogP contribution in [0.4, 0.5) is 0 Å². The Kier molecular flexibility index (Phi) is 3.43. The van der Waals surface area contributed by atoms with Crippen molar-refractivity contribution in [2.45, 2.75) is 30.8 Å². The Hall–Kier alpha value is -0.540. The minimum absolute atomic E-state index is 0.540. The molecule has 0 saturated carbocycles. The molecule has 1 aromatic rings. The third kappa shape index (κ3) is 2.10. The molecule has 76 valence electrons. The number of hydrogen-bond donors (Lipinski definition) is 1. The zero-order chi connectivity index (χ0) is 9.80. The van der Waals surface area contributed by atoms with Crippen molar-refractivity contribution in [2.24, 2.45) is 0 Å². The van der Waals surface area contributed by atoms with Gasteiger partial charge >= 0.3 is 0 Å². The van der Waals surface area contributed by atoms with Crippen LogP contribution < -0.4 is 5.32 Å². The fraction of sp³-hybridized carbons (Fsp3) is 0.545. The van der Waals surface area contributed by atoms with Crippen molar-refractivity contribution in [2.75, 3.05) is 12.3 Å². The molecule has 2 nitrogen and oxygen atoms in total. The molecule has 1 aliphatic rings. The van der Waals surface area contributed by atoms with Gasteiger partial charge in [0.25, 0.3) is 0 Å². The lowest BCUT2D eigenvalue weighted by Gasteiger charge is -2.13. The summed E-state index contributed by atoms with van der Waals surface area (Å²) in [7, 11) is 0. The standard InChI is InChI=1S/C11H16N2S/c1-2-14-11-9(5-3-8-13-11)10-6-4-7-12-10/h3,5,8,10,12H,2,4,6-7H2,1H3. The van der Waals surface area contributed by atoms with Crippen LogP contribution in [-0.2, 0) is 0 Å². The first kappa shape index (κ1) is 9.99. The molecule has 1 unspecified atom stereocenters. The van der Waals surface area contributed by atoms with Crippen LogP contribution in [0, 0.1) is 0 Å². The molecule has 0 aliphatic carbocycles. The minimum atomic E-state index is 0.540. The van der Waals surface area contributed by atoms with Gasteiger partial charge in [0.15, 0.2) is 0 Å². The number of rotatable bonds is 3. The Balaban J connectivity index is 2.21. The predicted octanol–water partition coefficient (Wildman–Crippen LogP) is 2.62. The first-order chi connectivity index (χ1) is 6.92. The first-order valence-electron chi connectivity index (χ1n) is 5.23. The molecule has 0 spiro atoms. The second-order valence-electron chi connectivity index (χ2n) is 3.48. The Morgan fingerprint density at radius 1 is 1.64 bits per heavy atom. The van der Waals surface area contributed by atoms with Crippen molar-refractivity contribution in [1.29, 1.82) is 0 Å². The molecule has 3 heteroatoms. The normalized spacial score (nSPS) is 21.4. The van der Waals surface area contributed by atoms with Crippen LogP contribution in [0.25, 0.3) is 0 Å². The second-order valence-corrected chi connectivity index (χ2v) is 4.73. The van der Waals surface area contributed by atoms with Crippen LogP contribution in [0.5, 0.6) is 0 Å². The SMILES string of the molecule is CCSc1ncccc1C1CCCN1. The van der Waals surface area contributed by atoms with E-state index in [2.05, 4.69) is 23.3 Å². The van der Waals surface area contributed by atoms with Gasteiger partial charge in [0, 0.05) is 17.8 Å². The van der Waals surface area contributed by atoms with Crippen molar-refractivity contribution in [1.82, 2.24) is 10.3 Å². The highest BCUT2D eigenvalue weighted by Crippen LogP contribution is 2.29. The van der Waals surface area contributed by atoms with Gasteiger partial charge in [-0.2, -0.15) is 0 Å². The monoisotopic (exact) mass is 208 g/mol. The molecule has 0 radical (unpaired) electrons. The molecule has 1 atom stereocenters. The summed E-state index contributed by atoms with van der Waals surface area (Å²) in [5, 5.41) is 4.72. The lowest BCUT2D eigenvalue weighted by Crippen LogP contribution is -2.14. The zero-order valence-corrected chi connectivity index (χ0v) is 9.31. The molecule has 2 heterocycles. The van der Waals surface area contributed by atoms with Crippen LogP contribution in [0.1, 0.15) is 31.4 Å². The molecule has 0 aromatic carbocycles.